The first-order valence-corrected chi connectivity index (χ1v) is 7.42. The van der Waals surface area contributed by atoms with Gasteiger partial charge in [-0.2, -0.15) is 5.10 Å². The van der Waals surface area contributed by atoms with Crippen LogP contribution in [0.4, 0.5) is 5.69 Å². The zero-order valence-electron chi connectivity index (χ0n) is 12.4. The fourth-order valence-corrected chi connectivity index (χ4v) is 2.54. The van der Waals surface area contributed by atoms with Crippen molar-refractivity contribution in [2.24, 2.45) is 0 Å². The number of halogens is 1. The molecule has 0 bridgehead atoms. The minimum atomic E-state index is -0.302. The van der Waals surface area contributed by atoms with Crippen LogP contribution in [0.3, 0.4) is 0 Å². The van der Waals surface area contributed by atoms with Crippen LogP contribution in [-0.4, -0.2) is 28.9 Å². The Kier molecular flexibility index (Phi) is 3.94. The van der Waals surface area contributed by atoms with E-state index in [0.717, 1.165) is 0 Å². The molecule has 1 aromatic heterocycles. The predicted molar refractivity (Wildman–Crippen MR) is 83.0 cm³/mol. The maximum absolute atomic E-state index is 12.5. The molecular weight excluding hydrogens is 306 g/mol. The Bertz CT molecular complexity index is 727. The van der Waals surface area contributed by atoms with Crippen LogP contribution in [0, 0.1) is 6.92 Å². The van der Waals surface area contributed by atoms with Gasteiger partial charge in [-0.25, -0.2) is 0 Å². The quantitative estimate of drug-likeness (QED) is 0.944. The van der Waals surface area contributed by atoms with Gasteiger partial charge in [0.1, 0.15) is 18.9 Å². The molecule has 6 nitrogen and oxygen atoms in total. The summed E-state index contributed by atoms with van der Waals surface area (Å²) in [6.07, 6.45) is 0. The van der Waals surface area contributed by atoms with Gasteiger partial charge in [0.2, 0.25) is 0 Å². The molecule has 0 radical (unpaired) electrons. The molecule has 2 heterocycles. The summed E-state index contributed by atoms with van der Waals surface area (Å²) in [7, 11) is 0. The van der Waals surface area contributed by atoms with E-state index in [-0.39, 0.29) is 5.91 Å². The van der Waals surface area contributed by atoms with E-state index in [9.17, 15) is 4.79 Å². The van der Waals surface area contributed by atoms with E-state index >= 15 is 0 Å². The summed E-state index contributed by atoms with van der Waals surface area (Å²) in [4.78, 5) is 12.5. The second-order valence-electron chi connectivity index (χ2n) is 4.88. The third-order valence-electron chi connectivity index (χ3n) is 3.37. The number of benzene rings is 1. The maximum Gasteiger partial charge on any atom is 0.275 e. The van der Waals surface area contributed by atoms with Gasteiger partial charge in [-0.15, -0.1) is 0 Å². The van der Waals surface area contributed by atoms with Gasteiger partial charge in [0.15, 0.2) is 11.5 Å². The largest absolute Gasteiger partial charge is 0.486 e. The van der Waals surface area contributed by atoms with Crippen molar-refractivity contribution < 1.29 is 14.3 Å². The van der Waals surface area contributed by atoms with Crippen molar-refractivity contribution in [2.45, 2.75) is 20.4 Å². The smallest absolute Gasteiger partial charge is 0.275 e. The summed E-state index contributed by atoms with van der Waals surface area (Å²) in [6.45, 7) is 5.28. The molecule has 0 aliphatic carbocycles. The van der Waals surface area contributed by atoms with Crippen LogP contribution in [0.1, 0.15) is 23.1 Å². The fourth-order valence-electron chi connectivity index (χ4n) is 2.32. The van der Waals surface area contributed by atoms with Crippen LogP contribution >= 0.6 is 11.6 Å². The molecule has 1 N–H and O–H groups in total. The zero-order chi connectivity index (χ0) is 15.7. The monoisotopic (exact) mass is 321 g/mol. The average molecular weight is 322 g/mol. The molecule has 7 heteroatoms. The third kappa shape index (κ3) is 2.62. The van der Waals surface area contributed by atoms with Crippen LogP contribution in [-0.2, 0) is 6.54 Å². The molecular formula is C15H16ClN3O3. The molecule has 22 heavy (non-hydrogen) atoms. The van der Waals surface area contributed by atoms with Gasteiger partial charge in [-0.1, -0.05) is 11.6 Å². The van der Waals surface area contributed by atoms with Crippen LogP contribution in [0.15, 0.2) is 18.2 Å². The second-order valence-corrected chi connectivity index (χ2v) is 5.25. The molecule has 1 aliphatic rings. The first-order chi connectivity index (χ1) is 10.6. The van der Waals surface area contributed by atoms with Crippen LogP contribution < -0.4 is 14.8 Å². The van der Waals surface area contributed by atoms with Gasteiger partial charge in [0.05, 0.1) is 10.7 Å². The summed E-state index contributed by atoms with van der Waals surface area (Å²) in [5, 5.41) is 7.43. The molecule has 1 amide bonds. The first-order valence-electron chi connectivity index (χ1n) is 7.04. The topological polar surface area (TPSA) is 65.4 Å². The van der Waals surface area contributed by atoms with Crippen molar-refractivity contribution in [1.29, 1.82) is 0 Å². The van der Waals surface area contributed by atoms with E-state index in [4.69, 9.17) is 21.1 Å². The lowest BCUT2D eigenvalue weighted by atomic mass is 10.2. The number of aryl methyl sites for hydroxylation is 2. The summed E-state index contributed by atoms with van der Waals surface area (Å²) in [5.74, 6) is 0.996. The number of carbonyl (C=O) groups excluding carboxylic acids is 1. The number of fused-ring (bicyclic) bond motifs is 1. The molecule has 0 saturated carbocycles. The Morgan fingerprint density at radius 2 is 2.09 bits per heavy atom. The Labute approximate surface area is 133 Å². The van der Waals surface area contributed by atoms with Gasteiger partial charge in [-0.05, 0) is 26.0 Å². The van der Waals surface area contributed by atoms with Gasteiger partial charge in [0, 0.05) is 18.3 Å². The van der Waals surface area contributed by atoms with Crippen molar-refractivity contribution in [2.75, 3.05) is 18.5 Å². The van der Waals surface area contributed by atoms with E-state index in [1.165, 1.54) is 0 Å². The van der Waals surface area contributed by atoms with Crippen molar-refractivity contribution in [1.82, 2.24) is 9.78 Å². The molecule has 116 valence electrons. The molecule has 0 atom stereocenters. The Balaban J connectivity index is 1.86. The first kappa shape index (κ1) is 14.7. The van der Waals surface area contributed by atoms with Gasteiger partial charge in [-0.3, -0.25) is 9.48 Å². The third-order valence-corrected chi connectivity index (χ3v) is 3.82. The highest BCUT2D eigenvalue weighted by atomic mass is 35.5. The van der Waals surface area contributed by atoms with Crippen molar-refractivity contribution in [3.05, 3.63) is 34.6 Å². The molecule has 0 fully saturated rings. The van der Waals surface area contributed by atoms with E-state index in [0.29, 0.717) is 53.4 Å². The van der Waals surface area contributed by atoms with Gasteiger partial charge in [0.25, 0.3) is 5.91 Å². The SMILES string of the molecule is CCn1nc(C)c(Cl)c1C(=O)Nc1ccc2c(c1)OCCO2. The number of anilines is 1. The number of hydrogen-bond acceptors (Lipinski definition) is 4. The Hall–Kier alpha value is -2.21. The van der Waals surface area contributed by atoms with E-state index < -0.39 is 0 Å². The van der Waals surface area contributed by atoms with Crippen molar-refractivity contribution in [3.8, 4) is 11.5 Å². The molecule has 2 aromatic rings. The highest BCUT2D eigenvalue weighted by Crippen LogP contribution is 2.33. The maximum atomic E-state index is 12.5. The average Bonchev–Trinajstić information content (AvgIpc) is 2.82. The van der Waals surface area contributed by atoms with Crippen molar-refractivity contribution >= 4 is 23.2 Å². The number of hydrogen-bond donors (Lipinski definition) is 1. The number of aromatic nitrogens is 2. The molecule has 0 spiro atoms. The summed E-state index contributed by atoms with van der Waals surface area (Å²) < 4.78 is 12.5. The lowest BCUT2D eigenvalue weighted by Gasteiger charge is -2.19. The molecule has 0 saturated heterocycles. The Morgan fingerprint density at radius 3 is 2.82 bits per heavy atom. The standard InChI is InChI=1S/C15H16ClN3O3/c1-3-19-14(13(16)9(2)18-19)15(20)17-10-4-5-11-12(8-10)22-7-6-21-11/h4-5,8H,3,6-7H2,1-2H3,(H,17,20). The summed E-state index contributed by atoms with van der Waals surface area (Å²) >= 11 is 6.18. The van der Waals surface area contributed by atoms with E-state index in [1.807, 2.05) is 6.92 Å². The Morgan fingerprint density at radius 1 is 1.36 bits per heavy atom. The highest BCUT2D eigenvalue weighted by Gasteiger charge is 2.20. The van der Waals surface area contributed by atoms with Crippen LogP contribution in [0.2, 0.25) is 5.02 Å². The normalized spacial score (nSPS) is 13.0. The van der Waals surface area contributed by atoms with E-state index in [1.54, 1.807) is 29.8 Å². The van der Waals surface area contributed by atoms with E-state index in [2.05, 4.69) is 10.4 Å². The van der Waals surface area contributed by atoms with Crippen molar-refractivity contribution in [3.63, 3.8) is 0 Å². The molecule has 1 aromatic carbocycles. The minimum absolute atomic E-state index is 0.302. The predicted octanol–water partition coefficient (Wildman–Crippen LogP) is 2.89. The number of ether oxygens (including phenoxy) is 2. The number of rotatable bonds is 3. The van der Waals surface area contributed by atoms with Crippen LogP contribution in [0.25, 0.3) is 0 Å². The number of carbonyl (C=O) groups is 1. The highest BCUT2D eigenvalue weighted by molar-refractivity contribution is 6.34. The minimum Gasteiger partial charge on any atom is -0.486 e. The van der Waals surface area contributed by atoms with Gasteiger partial charge >= 0.3 is 0 Å². The molecule has 3 rings (SSSR count). The lowest BCUT2D eigenvalue weighted by molar-refractivity contribution is 0.101. The molecule has 0 unspecified atom stereocenters. The number of nitrogens with one attached hydrogen (secondary N) is 1. The summed E-state index contributed by atoms with van der Waals surface area (Å²) in [6, 6.07) is 5.27. The number of nitrogens with zero attached hydrogens (tertiary/aromatic N) is 2. The second kappa shape index (κ2) is 5.88. The summed E-state index contributed by atoms with van der Waals surface area (Å²) in [5.41, 5.74) is 1.61. The molecule has 1 aliphatic heterocycles. The zero-order valence-corrected chi connectivity index (χ0v) is 13.1. The van der Waals surface area contributed by atoms with Crippen LogP contribution in [0.5, 0.6) is 11.5 Å². The number of amides is 1. The van der Waals surface area contributed by atoms with Gasteiger partial charge < -0.3 is 14.8 Å². The lowest BCUT2D eigenvalue weighted by Crippen LogP contribution is -2.19. The fraction of sp³-hybridized carbons (Fsp3) is 0.333.